The van der Waals surface area contributed by atoms with Gasteiger partial charge in [0, 0.05) is 42.6 Å². The molecule has 1 aromatic rings. The van der Waals surface area contributed by atoms with Gasteiger partial charge in [-0.15, -0.1) is 0 Å². The zero-order chi connectivity index (χ0) is 13.8. The molecule has 3 nitrogen and oxygen atoms in total. The number of nitrogens with zero attached hydrogens (tertiary/aromatic N) is 1. The second kappa shape index (κ2) is 6.60. The van der Waals surface area contributed by atoms with E-state index < -0.39 is 0 Å². The van der Waals surface area contributed by atoms with Gasteiger partial charge in [-0.1, -0.05) is 23.2 Å². The van der Waals surface area contributed by atoms with Crippen LogP contribution in [0, 0.1) is 0 Å². The van der Waals surface area contributed by atoms with Gasteiger partial charge in [0.1, 0.15) is 0 Å². The molecular weight excluding hydrogens is 283 g/mol. The van der Waals surface area contributed by atoms with Crippen molar-refractivity contribution in [2.45, 2.75) is 31.8 Å². The number of hydrogen-bond donors (Lipinski definition) is 1. The molecule has 1 saturated carbocycles. The minimum atomic E-state index is 0.129. The molecule has 1 fully saturated rings. The topological polar surface area (TPSA) is 32.3 Å². The van der Waals surface area contributed by atoms with Crippen LogP contribution in [-0.4, -0.2) is 30.4 Å². The molecule has 0 aromatic heterocycles. The van der Waals surface area contributed by atoms with Crippen LogP contribution in [0.4, 0.5) is 0 Å². The van der Waals surface area contributed by atoms with E-state index in [9.17, 15) is 4.79 Å². The molecule has 1 aliphatic carbocycles. The van der Waals surface area contributed by atoms with Crippen LogP contribution in [0.2, 0.25) is 10.0 Å². The van der Waals surface area contributed by atoms with Crippen LogP contribution in [0.25, 0.3) is 0 Å². The van der Waals surface area contributed by atoms with Crippen LogP contribution in [0.3, 0.4) is 0 Å². The van der Waals surface area contributed by atoms with Crippen molar-refractivity contribution in [3.8, 4) is 0 Å². The lowest BCUT2D eigenvalue weighted by Gasteiger charge is -2.17. The van der Waals surface area contributed by atoms with E-state index in [2.05, 4.69) is 5.32 Å². The van der Waals surface area contributed by atoms with Crippen molar-refractivity contribution in [1.82, 2.24) is 10.2 Å². The molecule has 0 bridgehead atoms. The molecule has 104 valence electrons. The van der Waals surface area contributed by atoms with E-state index >= 15 is 0 Å². The Bertz CT molecular complexity index is 441. The van der Waals surface area contributed by atoms with Crippen molar-refractivity contribution in [2.75, 3.05) is 13.6 Å². The van der Waals surface area contributed by atoms with E-state index in [0.717, 1.165) is 12.1 Å². The maximum atomic E-state index is 11.9. The van der Waals surface area contributed by atoms with Gasteiger partial charge in [-0.05, 0) is 36.6 Å². The summed E-state index contributed by atoms with van der Waals surface area (Å²) in [4.78, 5) is 13.6. The summed E-state index contributed by atoms with van der Waals surface area (Å²) in [5, 5.41) is 4.53. The fraction of sp³-hybridized carbons (Fsp3) is 0.500. The number of benzene rings is 1. The first-order chi connectivity index (χ1) is 9.04. The minimum absolute atomic E-state index is 0.129. The standard InChI is InChI=1S/C14H18Cl2N2O/c1-18(14(19)4-5-17-13-2-3-13)9-10-6-11(15)8-12(16)7-10/h6-8,13,17H,2-5,9H2,1H3. The van der Waals surface area contributed by atoms with Crippen molar-refractivity contribution >= 4 is 29.1 Å². The highest BCUT2D eigenvalue weighted by atomic mass is 35.5. The van der Waals surface area contributed by atoms with E-state index in [4.69, 9.17) is 23.2 Å². The second-order valence-corrected chi connectivity index (χ2v) is 5.88. The predicted octanol–water partition coefficient (Wildman–Crippen LogP) is 3.09. The monoisotopic (exact) mass is 300 g/mol. The molecule has 0 saturated heterocycles. The number of carbonyl (C=O) groups excluding carboxylic acids is 1. The summed E-state index contributed by atoms with van der Waals surface area (Å²) >= 11 is 11.9. The highest BCUT2D eigenvalue weighted by molar-refractivity contribution is 6.34. The molecule has 5 heteroatoms. The number of halogens is 2. The average molecular weight is 301 g/mol. The van der Waals surface area contributed by atoms with Crippen LogP contribution in [0.5, 0.6) is 0 Å². The Morgan fingerprint density at radius 3 is 2.53 bits per heavy atom. The SMILES string of the molecule is CN(Cc1cc(Cl)cc(Cl)c1)C(=O)CCNC1CC1. The number of hydrogen-bond acceptors (Lipinski definition) is 2. The van der Waals surface area contributed by atoms with Gasteiger partial charge in [0.15, 0.2) is 0 Å². The summed E-state index contributed by atoms with van der Waals surface area (Å²) in [5.41, 5.74) is 0.948. The zero-order valence-corrected chi connectivity index (χ0v) is 12.5. The lowest BCUT2D eigenvalue weighted by atomic mass is 10.2. The van der Waals surface area contributed by atoms with Crippen LogP contribution < -0.4 is 5.32 Å². The Labute approximate surface area is 123 Å². The fourth-order valence-corrected chi connectivity index (χ4v) is 2.50. The third-order valence-electron chi connectivity index (χ3n) is 3.12. The molecule has 1 aromatic carbocycles. The molecule has 2 rings (SSSR count). The van der Waals surface area contributed by atoms with Crippen molar-refractivity contribution in [3.05, 3.63) is 33.8 Å². The molecule has 1 amide bonds. The highest BCUT2D eigenvalue weighted by Gasteiger charge is 2.20. The second-order valence-electron chi connectivity index (χ2n) is 5.01. The van der Waals surface area contributed by atoms with E-state index in [0.29, 0.717) is 29.1 Å². The number of carbonyl (C=O) groups is 1. The van der Waals surface area contributed by atoms with E-state index in [-0.39, 0.29) is 5.91 Å². The summed E-state index contributed by atoms with van der Waals surface area (Å²) in [6, 6.07) is 6.00. The summed E-state index contributed by atoms with van der Waals surface area (Å²) in [5.74, 6) is 0.129. The Hall–Kier alpha value is -0.770. The van der Waals surface area contributed by atoms with Crippen LogP contribution in [-0.2, 0) is 11.3 Å². The summed E-state index contributed by atoms with van der Waals surface area (Å²) in [6.07, 6.45) is 3.01. The lowest BCUT2D eigenvalue weighted by Crippen LogP contribution is -2.30. The molecule has 19 heavy (non-hydrogen) atoms. The van der Waals surface area contributed by atoms with E-state index in [1.807, 2.05) is 12.1 Å². The van der Waals surface area contributed by atoms with Crippen molar-refractivity contribution in [3.63, 3.8) is 0 Å². The van der Waals surface area contributed by atoms with Gasteiger partial charge < -0.3 is 10.2 Å². The molecule has 0 aliphatic heterocycles. The van der Waals surface area contributed by atoms with Gasteiger partial charge in [-0.25, -0.2) is 0 Å². The predicted molar refractivity (Wildman–Crippen MR) is 78.6 cm³/mol. The third-order valence-corrected chi connectivity index (χ3v) is 3.55. The highest BCUT2D eigenvalue weighted by Crippen LogP contribution is 2.20. The molecule has 0 spiro atoms. The van der Waals surface area contributed by atoms with Crippen molar-refractivity contribution in [1.29, 1.82) is 0 Å². The van der Waals surface area contributed by atoms with E-state index in [1.54, 1.807) is 18.0 Å². The molecular formula is C14H18Cl2N2O. The molecule has 0 radical (unpaired) electrons. The average Bonchev–Trinajstić information content (AvgIpc) is 3.11. The Morgan fingerprint density at radius 1 is 1.32 bits per heavy atom. The summed E-state index contributed by atoms with van der Waals surface area (Å²) < 4.78 is 0. The first kappa shape index (κ1) is 14.6. The quantitative estimate of drug-likeness (QED) is 0.875. The normalized spacial score (nSPS) is 14.5. The first-order valence-electron chi connectivity index (χ1n) is 6.47. The summed E-state index contributed by atoms with van der Waals surface area (Å²) in [7, 11) is 1.80. The fourth-order valence-electron chi connectivity index (χ4n) is 1.93. The largest absolute Gasteiger partial charge is 0.341 e. The lowest BCUT2D eigenvalue weighted by molar-refractivity contribution is -0.130. The molecule has 0 unspecified atom stereocenters. The number of nitrogens with one attached hydrogen (secondary N) is 1. The molecule has 0 heterocycles. The Balaban J connectivity index is 1.80. The van der Waals surface area contributed by atoms with Gasteiger partial charge in [0.25, 0.3) is 0 Å². The van der Waals surface area contributed by atoms with E-state index in [1.165, 1.54) is 12.8 Å². The van der Waals surface area contributed by atoms with Gasteiger partial charge in [-0.3, -0.25) is 4.79 Å². The maximum absolute atomic E-state index is 11.9. The molecule has 1 aliphatic rings. The molecule has 0 atom stereocenters. The Morgan fingerprint density at radius 2 is 1.95 bits per heavy atom. The van der Waals surface area contributed by atoms with Crippen LogP contribution >= 0.6 is 23.2 Å². The maximum Gasteiger partial charge on any atom is 0.223 e. The summed E-state index contributed by atoms with van der Waals surface area (Å²) in [6.45, 7) is 1.28. The number of rotatable bonds is 6. The first-order valence-corrected chi connectivity index (χ1v) is 7.22. The van der Waals surface area contributed by atoms with Crippen molar-refractivity contribution in [2.24, 2.45) is 0 Å². The molecule has 1 N–H and O–H groups in total. The minimum Gasteiger partial charge on any atom is -0.341 e. The smallest absolute Gasteiger partial charge is 0.223 e. The van der Waals surface area contributed by atoms with Gasteiger partial charge >= 0.3 is 0 Å². The Kier molecular flexibility index (Phi) is 5.08. The zero-order valence-electron chi connectivity index (χ0n) is 11.0. The van der Waals surface area contributed by atoms with Crippen molar-refractivity contribution < 1.29 is 4.79 Å². The number of amides is 1. The van der Waals surface area contributed by atoms with Crippen LogP contribution in [0.15, 0.2) is 18.2 Å². The third kappa shape index (κ3) is 5.01. The van der Waals surface area contributed by atoms with Crippen LogP contribution in [0.1, 0.15) is 24.8 Å². The van der Waals surface area contributed by atoms with Gasteiger partial charge in [0.2, 0.25) is 5.91 Å². The van der Waals surface area contributed by atoms with Gasteiger partial charge in [0.05, 0.1) is 0 Å². The van der Waals surface area contributed by atoms with Gasteiger partial charge in [-0.2, -0.15) is 0 Å².